The van der Waals surface area contributed by atoms with E-state index in [4.69, 9.17) is 4.52 Å². The number of hydrogen-bond acceptors (Lipinski definition) is 4. The minimum Gasteiger partial charge on any atom is -0.334 e. The van der Waals surface area contributed by atoms with Crippen LogP contribution < -0.4 is 0 Å². The second kappa shape index (κ2) is 10.0. The van der Waals surface area contributed by atoms with Gasteiger partial charge in [0, 0.05) is 11.6 Å². The molecule has 0 aliphatic heterocycles. The molecule has 1 aromatic heterocycles. The fourth-order valence-corrected chi connectivity index (χ4v) is 5.05. The lowest BCUT2D eigenvalue weighted by atomic mass is 9.76. The molecule has 1 aliphatic rings. The summed E-state index contributed by atoms with van der Waals surface area (Å²) >= 11 is 0. The number of nitrogens with zero attached hydrogens (tertiary/aromatic N) is 3. The summed E-state index contributed by atoms with van der Waals surface area (Å²) in [6, 6.07) is 19.9. The SMILES string of the molecule is CN(C)C(c1ccccc1)C1CCC(C=Cc2nc(-c3ccc(C(C)(C)C)cc3)no2)CC1. The number of aromatic nitrogens is 2. The van der Waals surface area contributed by atoms with Crippen molar-refractivity contribution in [2.45, 2.75) is 57.9 Å². The van der Waals surface area contributed by atoms with E-state index in [0.29, 0.717) is 29.6 Å². The van der Waals surface area contributed by atoms with Crippen LogP contribution in [-0.2, 0) is 5.41 Å². The smallest absolute Gasteiger partial charge is 0.250 e. The third-order valence-electron chi connectivity index (χ3n) is 6.92. The summed E-state index contributed by atoms with van der Waals surface area (Å²) < 4.78 is 5.50. The predicted octanol–water partition coefficient (Wildman–Crippen LogP) is 7.16. The number of hydrogen-bond donors (Lipinski definition) is 0. The molecule has 4 heteroatoms. The van der Waals surface area contributed by atoms with Crippen LogP contribution >= 0.6 is 0 Å². The molecular formula is C29H37N3O. The summed E-state index contributed by atoms with van der Waals surface area (Å²) in [5.41, 5.74) is 3.85. The van der Waals surface area contributed by atoms with Gasteiger partial charge in [0.05, 0.1) is 0 Å². The highest BCUT2D eigenvalue weighted by Crippen LogP contribution is 2.39. The highest BCUT2D eigenvalue weighted by atomic mass is 16.5. The van der Waals surface area contributed by atoms with Crippen molar-refractivity contribution in [1.29, 1.82) is 0 Å². The van der Waals surface area contributed by atoms with Gasteiger partial charge in [-0.25, -0.2) is 0 Å². The van der Waals surface area contributed by atoms with E-state index in [1.54, 1.807) is 0 Å². The van der Waals surface area contributed by atoms with Crippen LogP contribution in [0.4, 0.5) is 0 Å². The topological polar surface area (TPSA) is 42.2 Å². The van der Waals surface area contributed by atoms with Crippen molar-refractivity contribution in [2.24, 2.45) is 11.8 Å². The predicted molar refractivity (Wildman–Crippen MR) is 136 cm³/mol. The zero-order valence-electron chi connectivity index (χ0n) is 20.7. The van der Waals surface area contributed by atoms with Crippen molar-refractivity contribution in [1.82, 2.24) is 15.0 Å². The Balaban J connectivity index is 1.35. The fraction of sp³-hybridized carbons (Fsp3) is 0.448. The lowest BCUT2D eigenvalue weighted by Crippen LogP contribution is -2.30. The van der Waals surface area contributed by atoms with Gasteiger partial charge < -0.3 is 9.42 Å². The number of benzene rings is 2. The first-order valence-electron chi connectivity index (χ1n) is 12.2. The maximum atomic E-state index is 5.50. The van der Waals surface area contributed by atoms with Crippen molar-refractivity contribution in [3.8, 4) is 11.4 Å². The Kier molecular flexibility index (Phi) is 7.14. The highest BCUT2D eigenvalue weighted by molar-refractivity contribution is 5.56. The number of rotatable bonds is 6. The summed E-state index contributed by atoms with van der Waals surface area (Å²) in [7, 11) is 4.40. The lowest BCUT2D eigenvalue weighted by Gasteiger charge is -2.37. The van der Waals surface area contributed by atoms with Crippen LogP contribution in [0.25, 0.3) is 17.5 Å². The Hall–Kier alpha value is -2.72. The molecule has 0 bridgehead atoms. The zero-order chi connectivity index (χ0) is 23.4. The largest absolute Gasteiger partial charge is 0.334 e. The Morgan fingerprint density at radius 2 is 1.61 bits per heavy atom. The van der Waals surface area contributed by atoms with Crippen LogP contribution in [0.3, 0.4) is 0 Å². The van der Waals surface area contributed by atoms with Gasteiger partial charge in [0.1, 0.15) is 0 Å². The molecule has 1 heterocycles. The van der Waals surface area contributed by atoms with Crippen molar-refractivity contribution < 1.29 is 4.52 Å². The first-order valence-corrected chi connectivity index (χ1v) is 12.2. The highest BCUT2D eigenvalue weighted by Gasteiger charge is 2.29. The van der Waals surface area contributed by atoms with E-state index < -0.39 is 0 Å². The molecule has 3 aromatic rings. The Bertz CT molecular complexity index is 1040. The molecule has 0 N–H and O–H groups in total. The molecule has 1 saturated carbocycles. The molecule has 2 aromatic carbocycles. The maximum Gasteiger partial charge on any atom is 0.250 e. The van der Waals surface area contributed by atoms with Gasteiger partial charge in [-0.3, -0.25) is 0 Å². The molecular weight excluding hydrogens is 406 g/mol. The second-order valence-electron chi connectivity index (χ2n) is 10.6. The van der Waals surface area contributed by atoms with E-state index in [1.807, 2.05) is 6.08 Å². The fourth-order valence-electron chi connectivity index (χ4n) is 5.05. The van der Waals surface area contributed by atoms with Gasteiger partial charge in [0.25, 0.3) is 5.89 Å². The lowest BCUT2D eigenvalue weighted by molar-refractivity contribution is 0.159. The van der Waals surface area contributed by atoms with Gasteiger partial charge in [0.15, 0.2) is 0 Å². The van der Waals surface area contributed by atoms with E-state index in [2.05, 4.69) is 111 Å². The molecule has 4 rings (SSSR count). The molecule has 0 amide bonds. The second-order valence-corrected chi connectivity index (χ2v) is 10.6. The van der Waals surface area contributed by atoms with Gasteiger partial charge in [-0.05, 0) is 74.2 Å². The van der Waals surface area contributed by atoms with Crippen LogP contribution in [-0.4, -0.2) is 29.1 Å². The molecule has 4 nitrogen and oxygen atoms in total. The van der Waals surface area contributed by atoms with Gasteiger partial charge >= 0.3 is 0 Å². The minimum absolute atomic E-state index is 0.135. The van der Waals surface area contributed by atoms with Crippen molar-refractivity contribution in [3.05, 3.63) is 77.7 Å². The normalized spacial score (nSPS) is 20.4. The third kappa shape index (κ3) is 5.80. The van der Waals surface area contributed by atoms with Gasteiger partial charge in [-0.2, -0.15) is 4.98 Å². The summed E-state index contributed by atoms with van der Waals surface area (Å²) in [4.78, 5) is 6.97. The maximum absolute atomic E-state index is 5.50. The summed E-state index contributed by atoms with van der Waals surface area (Å²) in [5, 5.41) is 4.19. The van der Waals surface area contributed by atoms with E-state index in [0.717, 1.165) is 5.56 Å². The van der Waals surface area contributed by atoms with Crippen LogP contribution in [0, 0.1) is 11.8 Å². The average molecular weight is 444 g/mol. The minimum atomic E-state index is 0.135. The zero-order valence-corrected chi connectivity index (χ0v) is 20.7. The van der Waals surface area contributed by atoms with E-state index in [9.17, 15) is 0 Å². The molecule has 1 aliphatic carbocycles. The quantitative estimate of drug-likeness (QED) is 0.405. The van der Waals surface area contributed by atoms with Crippen molar-refractivity contribution >= 4 is 6.08 Å². The molecule has 0 spiro atoms. The Labute approximate surface area is 198 Å². The number of allylic oxidation sites excluding steroid dienone is 1. The van der Waals surface area contributed by atoms with Crippen LogP contribution in [0.15, 0.2) is 65.2 Å². The van der Waals surface area contributed by atoms with Crippen LogP contribution in [0.5, 0.6) is 0 Å². The standard InChI is InChI=1S/C29H37N3O/c1-29(2,3)25-18-16-24(17-19-25)28-30-26(33-31-28)20-13-21-11-14-23(15-12-21)27(32(4)5)22-9-7-6-8-10-22/h6-10,13,16-21,23,27H,11-12,14-15H2,1-5H3. The molecule has 0 saturated heterocycles. The summed E-state index contributed by atoms with van der Waals surface area (Å²) in [6.07, 6.45) is 9.15. The Morgan fingerprint density at radius 3 is 2.21 bits per heavy atom. The molecule has 174 valence electrons. The first kappa shape index (κ1) is 23.4. The van der Waals surface area contributed by atoms with E-state index in [1.165, 1.54) is 36.8 Å². The molecule has 1 fully saturated rings. The first-order chi connectivity index (χ1) is 15.8. The summed E-state index contributed by atoms with van der Waals surface area (Å²) in [6.45, 7) is 6.65. The van der Waals surface area contributed by atoms with Crippen LogP contribution in [0.1, 0.15) is 69.5 Å². The molecule has 0 radical (unpaired) electrons. The molecule has 1 unspecified atom stereocenters. The van der Waals surface area contributed by atoms with Gasteiger partial charge in [-0.1, -0.05) is 86.6 Å². The van der Waals surface area contributed by atoms with Crippen LogP contribution in [0.2, 0.25) is 0 Å². The van der Waals surface area contributed by atoms with Crippen molar-refractivity contribution in [3.63, 3.8) is 0 Å². The molecule has 1 atom stereocenters. The van der Waals surface area contributed by atoms with Gasteiger partial charge in [0.2, 0.25) is 5.82 Å². The van der Waals surface area contributed by atoms with Gasteiger partial charge in [-0.15, -0.1) is 0 Å². The third-order valence-corrected chi connectivity index (χ3v) is 6.92. The monoisotopic (exact) mass is 443 g/mol. The average Bonchev–Trinajstić information content (AvgIpc) is 3.28. The summed E-state index contributed by atoms with van der Waals surface area (Å²) in [5.74, 6) is 2.50. The molecule has 33 heavy (non-hydrogen) atoms. The van der Waals surface area contributed by atoms with Crippen molar-refractivity contribution in [2.75, 3.05) is 14.1 Å². The van der Waals surface area contributed by atoms with E-state index >= 15 is 0 Å². The van der Waals surface area contributed by atoms with E-state index in [-0.39, 0.29) is 5.41 Å². The Morgan fingerprint density at radius 1 is 0.939 bits per heavy atom.